The molecule has 2 heterocycles. The van der Waals surface area contributed by atoms with Crippen molar-refractivity contribution in [3.63, 3.8) is 0 Å². The smallest absolute Gasteiger partial charge is 0.243 e. The van der Waals surface area contributed by atoms with E-state index in [1.807, 2.05) is 31.2 Å². The van der Waals surface area contributed by atoms with Crippen LogP contribution >= 0.6 is 12.4 Å². The minimum atomic E-state index is -3.43. The second kappa shape index (κ2) is 7.56. The molecule has 2 atom stereocenters. The molecule has 2 aromatic carbocycles. The van der Waals surface area contributed by atoms with Gasteiger partial charge >= 0.3 is 0 Å². The maximum atomic E-state index is 12.8. The van der Waals surface area contributed by atoms with Crippen molar-refractivity contribution in [2.45, 2.75) is 11.8 Å². The Kier molecular flexibility index (Phi) is 5.58. The van der Waals surface area contributed by atoms with Crippen molar-refractivity contribution in [2.24, 2.45) is 11.8 Å². The normalized spacial score (nSPS) is 22.7. The second-order valence-corrected chi connectivity index (χ2v) is 8.83. The van der Waals surface area contributed by atoms with Crippen LogP contribution in [-0.2, 0) is 10.0 Å². The van der Waals surface area contributed by atoms with Gasteiger partial charge in [-0.3, -0.25) is 0 Å². The lowest BCUT2D eigenvalue weighted by molar-refractivity contribution is 0.447. The highest BCUT2D eigenvalue weighted by Gasteiger charge is 2.41. The molecule has 2 aliphatic heterocycles. The zero-order valence-corrected chi connectivity index (χ0v) is 16.2. The van der Waals surface area contributed by atoms with E-state index in [-0.39, 0.29) is 12.4 Å². The lowest BCUT2D eigenvalue weighted by atomic mass is 10.0. The molecule has 5 nitrogen and oxygen atoms in total. The number of sulfonamides is 1. The van der Waals surface area contributed by atoms with E-state index < -0.39 is 10.0 Å². The third-order valence-corrected chi connectivity index (χ3v) is 6.89. The van der Waals surface area contributed by atoms with Crippen molar-refractivity contribution in [3.8, 4) is 11.5 Å². The van der Waals surface area contributed by atoms with Crippen LogP contribution in [-0.4, -0.2) is 38.9 Å². The third kappa shape index (κ3) is 3.74. The summed E-state index contributed by atoms with van der Waals surface area (Å²) in [6.45, 7) is 5.06. The average molecular weight is 395 g/mol. The van der Waals surface area contributed by atoms with Crippen LogP contribution in [0, 0.1) is 18.8 Å². The molecule has 26 heavy (non-hydrogen) atoms. The Bertz CT molecular complexity index is 859. The van der Waals surface area contributed by atoms with E-state index in [9.17, 15) is 8.42 Å². The predicted octanol–water partition coefficient (Wildman–Crippen LogP) is 3.05. The number of fused-ring (bicyclic) bond motifs is 1. The number of benzene rings is 2. The first-order valence-electron chi connectivity index (χ1n) is 8.58. The van der Waals surface area contributed by atoms with E-state index >= 15 is 0 Å². The quantitative estimate of drug-likeness (QED) is 0.865. The summed E-state index contributed by atoms with van der Waals surface area (Å²) in [7, 11) is -3.43. The Hall–Kier alpha value is -1.60. The van der Waals surface area contributed by atoms with Crippen LogP contribution in [0.4, 0.5) is 0 Å². The molecule has 7 heteroatoms. The highest BCUT2D eigenvalue weighted by molar-refractivity contribution is 7.89. The first-order valence-corrected chi connectivity index (χ1v) is 10.0. The number of rotatable bonds is 4. The minimum absolute atomic E-state index is 0. The molecule has 2 aliphatic rings. The summed E-state index contributed by atoms with van der Waals surface area (Å²) in [5, 5.41) is 3.33. The SMILES string of the molecule is Cc1cccc(Oc2ccc(S(=O)(=O)N3C[C@H]4CNC[C@H]4C3)cc2)c1.Cl. The summed E-state index contributed by atoms with van der Waals surface area (Å²) in [4.78, 5) is 0.331. The average Bonchev–Trinajstić information content (AvgIpc) is 3.17. The van der Waals surface area contributed by atoms with Crippen LogP contribution in [0.15, 0.2) is 53.4 Å². The van der Waals surface area contributed by atoms with Crippen molar-refractivity contribution in [1.29, 1.82) is 0 Å². The molecule has 0 aromatic heterocycles. The van der Waals surface area contributed by atoms with E-state index in [0.717, 1.165) is 24.4 Å². The van der Waals surface area contributed by atoms with Gasteiger partial charge in [0.2, 0.25) is 10.0 Å². The van der Waals surface area contributed by atoms with Gasteiger partial charge in [-0.1, -0.05) is 12.1 Å². The summed E-state index contributed by atoms with van der Waals surface area (Å²) in [5.74, 6) is 2.26. The molecule has 0 radical (unpaired) electrons. The monoisotopic (exact) mass is 394 g/mol. The summed E-state index contributed by atoms with van der Waals surface area (Å²) < 4.78 is 33.1. The van der Waals surface area contributed by atoms with Gasteiger partial charge in [-0.25, -0.2) is 8.42 Å². The van der Waals surface area contributed by atoms with E-state index in [1.54, 1.807) is 28.6 Å². The molecule has 4 rings (SSSR count). The first-order chi connectivity index (χ1) is 12.0. The molecular formula is C19H23ClN2O3S. The Balaban J connectivity index is 0.00000196. The Labute approximate surface area is 160 Å². The van der Waals surface area contributed by atoms with Crippen molar-refractivity contribution in [3.05, 3.63) is 54.1 Å². The molecule has 0 unspecified atom stereocenters. The van der Waals surface area contributed by atoms with Crippen LogP contribution in [0.1, 0.15) is 5.56 Å². The molecule has 0 spiro atoms. The summed E-state index contributed by atoms with van der Waals surface area (Å²) in [6.07, 6.45) is 0. The van der Waals surface area contributed by atoms with Gasteiger partial charge in [0.05, 0.1) is 4.90 Å². The Morgan fingerprint density at radius 2 is 1.65 bits per heavy atom. The third-order valence-electron chi connectivity index (χ3n) is 5.04. The predicted molar refractivity (Wildman–Crippen MR) is 104 cm³/mol. The maximum absolute atomic E-state index is 12.8. The lowest BCUT2D eigenvalue weighted by Gasteiger charge is -2.17. The van der Waals surface area contributed by atoms with Crippen molar-refractivity contribution < 1.29 is 13.2 Å². The fourth-order valence-electron chi connectivity index (χ4n) is 3.65. The van der Waals surface area contributed by atoms with E-state index in [4.69, 9.17) is 4.74 Å². The number of nitrogens with one attached hydrogen (secondary N) is 1. The summed E-state index contributed by atoms with van der Waals surface area (Å²) in [6, 6.07) is 14.5. The number of ether oxygens (including phenoxy) is 1. The van der Waals surface area contributed by atoms with Crippen LogP contribution in [0.2, 0.25) is 0 Å². The van der Waals surface area contributed by atoms with Gasteiger partial charge in [0.25, 0.3) is 0 Å². The summed E-state index contributed by atoms with van der Waals surface area (Å²) >= 11 is 0. The number of nitrogens with zero attached hydrogens (tertiary/aromatic N) is 1. The largest absolute Gasteiger partial charge is 0.457 e. The van der Waals surface area contributed by atoms with E-state index in [0.29, 0.717) is 35.6 Å². The molecule has 1 N–H and O–H groups in total. The van der Waals surface area contributed by atoms with Crippen LogP contribution < -0.4 is 10.1 Å². The molecule has 0 bridgehead atoms. The van der Waals surface area contributed by atoms with Gasteiger partial charge in [-0.15, -0.1) is 12.4 Å². The molecule has 140 valence electrons. The number of halogens is 1. The minimum Gasteiger partial charge on any atom is -0.457 e. The van der Waals surface area contributed by atoms with Gasteiger partial charge in [-0.05, 0) is 73.8 Å². The molecule has 0 amide bonds. The number of aryl methyl sites for hydroxylation is 1. The zero-order valence-electron chi connectivity index (χ0n) is 14.6. The van der Waals surface area contributed by atoms with Gasteiger partial charge in [0.15, 0.2) is 0 Å². The summed E-state index contributed by atoms with van der Waals surface area (Å²) in [5.41, 5.74) is 1.12. The zero-order chi connectivity index (χ0) is 17.4. The lowest BCUT2D eigenvalue weighted by Crippen LogP contribution is -2.31. The van der Waals surface area contributed by atoms with Crippen LogP contribution in [0.25, 0.3) is 0 Å². The Morgan fingerprint density at radius 3 is 2.27 bits per heavy atom. The van der Waals surface area contributed by atoms with Crippen molar-refractivity contribution in [2.75, 3.05) is 26.2 Å². The molecule has 2 saturated heterocycles. The highest BCUT2D eigenvalue weighted by atomic mass is 35.5. The topological polar surface area (TPSA) is 58.6 Å². The fourth-order valence-corrected chi connectivity index (χ4v) is 5.21. The fraction of sp³-hybridized carbons (Fsp3) is 0.368. The molecule has 0 saturated carbocycles. The van der Waals surface area contributed by atoms with E-state index in [1.165, 1.54) is 0 Å². The second-order valence-electron chi connectivity index (χ2n) is 6.89. The van der Waals surface area contributed by atoms with Crippen LogP contribution in [0.5, 0.6) is 11.5 Å². The van der Waals surface area contributed by atoms with Crippen LogP contribution in [0.3, 0.4) is 0 Å². The number of hydrogen-bond donors (Lipinski definition) is 1. The van der Waals surface area contributed by atoms with Crippen molar-refractivity contribution in [1.82, 2.24) is 9.62 Å². The van der Waals surface area contributed by atoms with Gasteiger partial charge in [0.1, 0.15) is 11.5 Å². The highest BCUT2D eigenvalue weighted by Crippen LogP contribution is 2.31. The Morgan fingerprint density at radius 1 is 1.00 bits per heavy atom. The first kappa shape index (κ1) is 19.2. The van der Waals surface area contributed by atoms with Gasteiger partial charge < -0.3 is 10.1 Å². The molecule has 0 aliphatic carbocycles. The van der Waals surface area contributed by atoms with Gasteiger partial charge in [0, 0.05) is 13.1 Å². The van der Waals surface area contributed by atoms with E-state index in [2.05, 4.69) is 5.32 Å². The van der Waals surface area contributed by atoms with Gasteiger partial charge in [-0.2, -0.15) is 4.31 Å². The number of hydrogen-bond acceptors (Lipinski definition) is 4. The molecule has 2 fully saturated rings. The molecule has 2 aromatic rings. The molecular weight excluding hydrogens is 372 g/mol. The standard InChI is InChI=1S/C19H22N2O3S.ClH/c1-14-3-2-4-18(9-14)24-17-5-7-19(8-6-17)25(22,23)21-12-15-10-20-11-16(15)13-21;/h2-9,15-16,20H,10-13H2,1H3;1H/t15-,16+;. The maximum Gasteiger partial charge on any atom is 0.243 e. The van der Waals surface area contributed by atoms with Crippen molar-refractivity contribution >= 4 is 22.4 Å².